The summed E-state index contributed by atoms with van der Waals surface area (Å²) in [7, 11) is 1.64. The Morgan fingerprint density at radius 1 is 1.30 bits per heavy atom. The highest BCUT2D eigenvalue weighted by molar-refractivity contribution is 5.95. The normalized spacial score (nSPS) is 10.3. The van der Waals surface area contributed by atoms with Gasteiger partial charge in [0.15, 0.2) is 0 Å². The summed E-state index contributed by atoms with van der Waals surface area (Å²) in [5.74, 6) is -0.0648. The zero-order valence-electron chi connectivity index (χ0n) is 12.2. The number of benzene rings is 1. The van der Waals surface area contributed by atoms with E-state index in [0.717, 1.165) is 24.3 Å². The minimum Gasteiger partial charge on any atom is -0.379 e. The molecule has 0 aliphatic rings. The second kappa shape index (κ2) is 6.28. The maximum Gasteiger partial charge on any atom is 0.251 e. The molecular weight excluding hydrogens is 250 g/mol. The molecule has 0 fully saturated rings. The van der Waals surface area contributed by atoms with E-state index in [-0.39, 0.29) is 5.91 Å². The summed E-state index contributed by atoms with van der Waals surface area (Å²) >= 11 is 0. The summed E-state index contributed by atoms with van der Waals surface area (Å²) in [6.07, 6.45) is 2.07. The molecule has 0 saturated heterocycles. The van der Waals surface area contributed by atoms with Crippen molar-refractivity contribution in [1.82, 2.24) is 9.88 Å². The van der Waals surface area contributed by atoms with Gasteiger partial charge in [-0.2, -0.15) is 0 Å². The predicted octanol–water partition coefficient (Wildman–Crippen LogP) is 2.79. The Bertz CT molecular complexity index is 602. The molecule has 1 amide bonds. The first-order valence-electron chi connectivity index (χ1n) is 6.86. The highest BCUT2D eigenvalue weighted by Crippen LogP contribution is 2.18. The first-order chi connectivity index (χ1) is 9.65. The molecule has 106 valence electrons. The van der Waals surface area contributed by atoms with Gasteiger partial charge in [0.05, 0.1) is 6.54 Å². The molecule has 1 aromatic heterocycles. The van der Waals surface area contributed by atoms with Crippen molar-refractivity contribution in [3.63, 3.8) is 0 Å². The van der Waals surface area contributed by atoms with E-state index in [0.29, 0.717) is 5.56 Å². The number of aryl methyl sites for hydroxylation is 2. The van der Waals surface area contributed by atoms with E-state index in [1.54, 1.807) is 7.05 Å². The van der Waals surface area contributed by atoms with Crippen LogP contribution in [-0.2, 0) is 13.1 Å². The van der Waals surface area contributed by atoms with Crippen LogP contribution in [0.25, 0.3) is 0 Å². The van der Waals surface area contributed by atoms with Crippen LogP contribution in [0.2, 0.25) is 0 Å². The molecule has 2 rings (SSSR count). The summed E-state index contributed by atoms with van der Waals surface area (Å²) < 4.78 is 2.20. The highest BCUT2D eigenvalue weighted by Gasteiger charge is 2.07. The van der Waals surface area contributed by atoms with Gasteiger partial charge in [-0.15, -0.1) is 0 Å². The Morgan fingerprint density at radius 3 is 2.80 bits per heavy atom. The Kier molecular flexibility index (Phi) is 4.45. The standard InChI is InChI=1S/C16H21N3O/c1-4-19-9-5-6-14(19)11-18-15-10-13(16(20)17-3)8-7-12(15)2/h5-10,18H,4,11H2,1-3H3,(H,17,20). The molecule has 0 unspecified atom stereocenters. The maximum atomic E-state index is 11.7. The topological polar surface area (TPSA) is 46.1 Å². The van der Waals surface area contributed by atoms with Gasteiger partial charge in [0.25, 0.3) is 5.91 Å². The third kappa shape index (κ3) is 3.02. The van der Waals surface area contributed by atoms with Crippen molar-refractivity contribution in [2.75, 3.05) is 12.4 Å². The zero-order chi connectivity index (χ0) is 14.5. The second-order valence-electron chi connectivity index (χ2n) is 4.75. The van der Waals surface area contributed by atoms with Gasteiger partial charge < -0.3 is 15.2 Å². The first kappa shape index (κ1) is 14.2. The van der Waals surface area contributed by atoms with E-state index in [1.807, 2.05) is 31.2 Å². The lowest BCUT2D eigenvalue weighted by Gasteiger charge is -2.12. The molecule has 0 radical (unpaired) electrons. The third-order valence-electron chi connectivity index (χ3n) is 3.45. The van der Waals surface area contributed by atoms with Crippen LogP contribution >= 0.6 is 0 Å². The predicted molar refractivity (Wildman–Crippen MR) is 82.0 cm³/mol. The van der Waals surface area contributed by atoms with Crippen molar-refractivity contribution in [3.05, 3.63) is 53.3 Å². The fourth-order valence-electron chi connectivity index (χ4n) is 2.20. The van der Waals surface area contributed by atoms with Gasteiger partial charge in [0, 0.05) is 36.7 Å². The number of hydrogen-bond acceptors (Lipinski definition) is 2. The van der Waals surface area contributed by atoms with Crippen molar-refractivity contribution < 1.29 is 4.79 Å². The Labute approximate surface area is 119 Å². The van der Waals surface area contributed by atoms with E-state index >= 15 is 0 Å². The average Bonchev–Trinajstić information content (AvgIpc) is 2.93. The molecular formula is C16H21N3O. The van der Waals surface area contributed by atoms with Crippen molar-refractivity contribution >= 4 is 11.6 Å². The Balaban J connectivity index is 2.14. The van der Waals surface area contributed by atoms with Gasteiger partial charge in [-0.3, -0.25) is 4.79 Å². The summed E-state index contributed by atoms with van der Waals surface area (Å²) in [6, 6.07) is 9.86. The molecule has 4 nitrogen and oxygen atoms in total. The minimum atomic E-state index is -0.0648. The fraction of sp³-hybridized carbons (Fsp3) is 0.312. The number of anilines is 1. The van der Waals surface area contributed by atoms with Crippen molar-refractivity contribution in [2.24, 2.45) is 0 Å². The van der Waals surface area contributed by atoms with Crippen molar-refractivity contribution in [3.8, 4) is 0 Å². The smallest absolute Gasteiger partial charge is 0.251 e. The van der Waals surface area contributed by atoms with E-state index < -0.39 is 0 Å². The summed E-state index contributed by atoms with van der Waals surface area (Å²) in [6.45, 7) is 5.87. The van der Waals surface area contributed by atoms with Crippen LogP contribution in [0.4, 0.5) is 5.69 Å². The molecule has 20 heavy (non-hydrogen) atoms. The van der Waals surface area contributed by atoms with Gasteiger partial charge in [-0.05, 0) is 43.7 Å². The molecule has 0 bridgehead atoms. The summed E-state index contributed by atoms with van der Waals surface area (Å²) in [5, 5.41) is 6.05. The van der Waals surface area contributed by atoms with Crippen LogP contribution in [0.15, 0.2) is 36.5 Å². The van der Waals surface area contributed by atoms with Crippen LogP contribution in [0.3, 0.4) is 0 Å². The monoisotopic (exact) mass is 271 g/mol. The molecule has 2 aromatic rings. The molecule has 1 heterocycles. The van der Waals surface area contributed by atoms with Crippen LogP contribution < -0.4 is 10.6 Å². The molecule has 0 spiro atoms. The van der Waals surface area contributed by atoms with Gasteiger partial charge in [0.1, 0.15) is 0 Å². The number of nitrogens with one attached hydrogen (secondary N) is 2. The van der Waals surface area contributed by atoms with E-state index in [1.165, 1.54) is 5.69 Å². The van der Waals surface area contributed by atoms with Crippen LogP contribution in [0.5, 0.6) is 0 Å². The number of aromatic nitrogens is 1. The lowest BCUT2D eigenvalue weighted by Crippen LogP contribution is -2.18. The molecule has 0 aliphatic carbocycles. The van der Waals surface area contributed by atoms with E-state index in [9.17, 15) is 4.79 Å². The number of amides is 1. The zero-order valence-corrected chi connectivity index (χ0v) is 12.2. The number of carbonyl (C=O) groups excluding carboxylic acids is 1. The second-order valence-corrected chi connectivity index (χ2v) is 4.75. The number of rotatable bonds is 5. The Morgan fingerprint density at radius 2 is 2.10 bits per heavy atom. The lowest BCUT2D eigenvalue weighted by atomic mass is 10.1. The van der Waals surface area contributed by atoms with Gasteiger partial charge in [-0.25, -0.2) is 0 Å². The van der Waals surface area contributed by atoms with Crippen LogP contribution in [0.1, 0.15) is 28.5 Å². The van der Waals surface area contributed by atoms with Crippen molar-refractivity contribution in [1.29, 1.82) is 0 Å². The molecule has 0 aliphatic heterocycles. The van der Waals surface area contributed by atoms with E-state index in [2.05, 4.69) is 34.4 Å². The largest absolute Gasteiger partial charge is 0.379 e. The SMILES string of the molecule is CCn1cccc1CNc1cc(C(=O)NC)ccc1C. The summed E-state index contributed by atoms with van der Waals surface area (Å²) in [4.78, 5) is 11.7. The molecule has 0 atom stereocenters. The Hall–Kier alpha value is -2.23. The van der Waals surface area contributed by atoms with Gasteiger partial charge >= 0.3 is 0 Å². The number of hydrogen-bond donors (Lipinski definition) is 2. The third-order valence-corrected chi connectivity index (χ3v) is 3.45. The fourth-order valence-corrected chi connectivity index (χ4v) is 2.20. The minimum absolute atomic E-state index is 0.0648. The first-order valence-corrected chi connectivity index (χ1v) is 6.86. The van der Waals surface area contributed by atoms with Crippen LogP contribution in [-0.4, -0.2) is 17.5 Å². The van der Waals surface area contributed by atoms with Crippen LogP contribution in [0, 0.1) is 6.92 Å². The lowest BCUT2D eigenvalue weighted by molar-refractivity contribution is 0.0963. The van der Waals surface area contributed by atoms with Crippen molar-refractivity contribution in [2.45, 2.75) is 26.9 Å². The maximum absolute atomic E-state index is 11.7. The summed E-state index contributed by atoms with van der Waals surface area (Å²) in [5.41, 5.74) is 4.03. The van der Waals surface area contributed by atoms with E-state index in [4.69, 9.17) is 0 Å². The van der Waals surface area contributed by atoms with Gasteiger partial charge in [0.2, 0.25) is 0 Å². The average molecular weight is 271 g/mol. The quantitative estimate of drug-likeness (QED) is 0.878. The number of nitrogens with zero attached hydrogens (tertiary/aromatic N) is 1. The van der Waals surface area contributed by atoms with Gasteiger partial charge in [-0.1, -0.05) is 6.07 Å². The molecule has 0 saturated carbocycles. The molecule has 1 aromatic carbocycles. The molecule has 4 heteroatoms. The highest BCUT2D eigenvalue weighted by atomic mass is 16.1. The number of carbonyl (C=O) groups is 1. The molecule has 2 N–H and O–H groups in total.